The monoisotopic (exact) mass is 410 g/mol. The summed E-state index contributed by atoms with van der Waals surface area (Å²) < 4.78 is 5.11. The van der Waals surface area contributed by atoms with E-state index in [-0.39, 0.29) is 5.91 Å². The van der Waals surface area contributed by atoms with Crippen LogP contribution in [0.3, 0.4) is 0 Å². The number of carbonyl (C=O) groups excluding carboxylic acids is 1. The van der Waals surface area contributed by atoms with Gasteiger partial charge in [-0.3, -0.25) is 4.79 Å². The number of methoxy groups -OCH3 is 1. The number of amides is 1. The minimum absolute atomic E-state index is 0.274. The Kier molecular flexibility index (Phi) is 7.58. The third-order valence-corrected chi connectivity index (χ3v) is 5.06. The van der Waals surface area contributed by atoms with Crippen LogP contribution >= 0.6 is 12.2 Å². The van der Waals surface area contributed by atoms with Crippen LogP contribution in [0.4, 0.5) is 5.69 Å². The van der Waals surface area contributed by atoms with E-state index in [0.717, 1.165) is 29.8 Å². The van der Waals surface area contributed by atoms with Crippen molar-refractivity contribution in [1.82, 2.24) is 10.7 Å². The molecule has 1 saturated carbocycles. The molecule has 0 bridgehead atoms. The standard InChI is InChI=1S/C22H26N4O2S/c1-28-20-13-7-16(8-14-20)15-23-26-21(27)17-9-11-19(12-10-17)25-22(29)24-18-5-3-2-4-6-18/h7-15,18H,2-6H2,1H3,(H,26,27)(H2,24,25,29). The van der Waals surface area contributed by atoms with Crippen molar-refractivity contribution in [2.45, 2.75) is 38.1 Å². The van der Waals surface area contributed by atoms with Crippen molar-refractivity contribution in [2.24, 2.45) is 5.10 Å². The second-order valence-electron chi connectivity index (χ2n) is 6.98. The van der Waals surface area contributed by atoms with Gasteiger partial charge in [-0.25, -0.2) is 5.43 Å². The van der Waals surface area contributed by atoms with Gasteiger partial charge in [0.1, 0.15) is 5.75 Å². The number of benzene rings is 2. The first-order chi connectivity index (χ1) is 14.1. The number of nitrogens with one attached hydrogen (secondary N) is 3. The Hall–Kier alpha value is -2.93. The lowest BCUT2D eigenvalue weighted by atomic mass is 9.96. The Morgan fingerprint density at radius 2 is 1.76 bits per heavy atom. The molecule has 152 valence electrons. The van der Waals surface area contributed by atoms with Crippen LogP contribution in [0.1, 0.15) is 48.0 Å². The van der Waals surface area contributed by atoms with Gasteiger partial charge in [0.25, 0.3) is 5.91 Å². The normalized spacial score (nSPS) is 14.4. The van der Waals surface area contributed by atoms with Crippen LogP contribution in [0.25, 0.3) is 0 Å². The number of ether oxygens (including phenoxy) is 1. The molecule has 0 radical (unpaired) electrons. The first-order valence-corrected chi connectivity index (χ1v) is 10.2. The second-order valence-corrected chi connectivity index (χ2v) is 7.39. The van der Waals surface area contributed by atoms with Crippen molar-refractivity contribution >= 4 is 35.1 Å². The Morgan fingerprint density at radius 1 is 1.07 bits per heavy atom. The number of thiocarbonyl (C=S) groups is 1. The minimum atomic E-state index is -0.274. The fraction of sp³-hybridized carbons (Fsp3) is 0.318. The van der Waals surface area contributed by atoms with E-state index in [9.17, 15) is 4.79 Å². The zero-order valence-corrected chi connectivity index (χ0v) is 17.3. The smallest absolute Gasteiger partial charge is 0.271 e. The molecule has 0 atom stereocenters. The second kappa shape index (κ2) is 10.6. The summed E-state index contributed by atoms with van der Waals surface area (Å²) in [7, 11) is 1.62. The summed E-state index contributed by atoms with van der Waals surface area (Å²) in [6.07, 6.45) is 7.74. The molecule has 6 nitrogen and oxygen atoms in total. The van der Waals surface area contributed by atoms with E-state index in [4.69, 9.17) is 17.0 Å². The Morgan fingerprint density at radius 3 is 2.41 bits per heavy atom. The molecule has 0 saturated heterocycles. The molecular formula is C22H26N4O2S. The predicted octanol–water partition coefficient (Wildman–Crippen LogP) is 4.08. The molecule has 2 aromatic carbocycles. The largest absolute Gasteiger partial charge is 0.497 e. The molecule has 0 unspecified atom stereocenters. The summed E-state index contributed by atoms with van der Waals surface area (Å²) in [5.74, 6) is 0.498. The molecule has 1 aliphatic carbocycles. The highest BCUT2D eigenvalue weighted by Gasteiger charge is 2.14. The lowest BCUT2D eigenvalue weighted by Gasteiger charge is -2.24. The Balaban J connectivity index is 1.47. The quantitative estimate of drug-likeness (QED) is 0.380. The summed E-state index contributed by atoms with van der Waals surface area (Å²) in [6, 6.07) is 15.0. The fourth-order valence-electron chi connectivity index (χ4n) is 3.22. The fourth-order valence-corrected chi connectivity index (χ4v) is 3.51. The lowest BCUT2D eigenvalue weighted by Crippen LogP contribution is -2.38. The molecule has 1 aliphatic rings. The summed E-state index contributed by atoms with van der Waals surface area (Å²) >= 11 is 5.39. The van der Waals surface area contributed by atoms with Gasteiger partial charge in [0.15, 0.2) is 5.11 Å². The molecule has 0 aliphatic heterocycles. The van der Waals surface area contributed by atoms with Gasteiger partial charge in [-0.1, -0.05) is 19.3 Å². The van der Waals surface area contributed by atoms with Crippen molar-refractivity contribution in [2.75, 3.05) is 12.4 Å². The first kappa shape index (κ1) is 20.8. The molecule has 3 rings (SSSR count). The third kappa shape index (κ3) is 6.57. The zero-order chi connectivity index (χ0) is 20.5. The highest BCUT2D eigenvalue weighted by atomic mass is 32.1. The zero-order valence-electron chi connectivity index (χ0n) is 16.5. The van der Waals surface area contributed by atoms with Gasteiger partial charge >= 0.3 is 0 Å². The maximum absolute atomic E-state index is 12.2. The number of carbonyl (C=O) groups is 1. The average Bonchev–Trinajstić information content (AvgIpc) is 2.75. The van der Waals surface area contributed by atoms with E-state index >= 15 is 0 Å². The molecule has 2 aromatic rings. The summed E-state index contributed by atoms with van der Waals surface area (Å²) in [4.78, 5) is 12.2. The van der Waals surface area contributed by atoms with Crippen LogP contribution in [-0.4, -0.2) is 30.4 Å². The molecule has 3 N–H and O–H groups in total. The molecule has 0 heterocycles. The van der Waals surface area contributed by atoms with Crippen LogP contribution in [0.15, 0.2) is 53.6 Å². The topological polar surface area (TPSA) is 74.8 Å². The number of hydrogen-bond acceptors (Lipinski definition) is 4. The van der Waals surface area contributed by atoms with E-state index in [2.05, 4.69) is 21.2 Å². The Bertz CT molecular complexity index is 844. The SMILES string of the molecule is COc1ccc(C=NNC(=O)c2ccc(NC(=S)NC3CCCCC3)cc2)cc1. The van der Waals surface area contributed by atoms with E-state index in [1.807, 2.05) is 36.4 Å². The van der Waals surface area contributed by atoms with Crippen LogP contribution in [0, 0.1) is 0 Å². The van der Waals surface area contributed by atoms with Crippen molar-refractivity contribution in [3.05, 3.63) is 59.7 Å². The lowest BCUT2D eigenvalue weighted by molar-refractivity contribution is 0.0955. The van der Waals surface area contributed by atoms with E-state index in [1.165, 1.54) is 19.3 Å². The molecule has 7 heteroatoms. The van der Waals surface area contributed by atoms with Crippen LogP contribution in [-0.2, 0) is 0 Å². The maximum Gasteiger partial charge on any atom is 0.271 e. The third-order valence-electron chi connectivity index (χ3n) is 4.84. The highest BCUT2D eigenvalue weighted by Crippen LogP contribution is 2.18. The molecular weight excluding hydrogens is 384 g/mol. The molecule has 0 spiro atoms. The van der Waals surface area contributed by atoms with Gasteiger partial charge in [0.05, 0.1) is 13.3 Å². The van der Waals surface area contributed by atoms with Crippen LogP contribution in [0.5, 0.6) is 5.75 Å². The Labute approximate surface area is 176 Å². The number of rotatable bonds is 6. The molecule has 1 fully saturated rings. The van der Waals surface area contributed by atoms with Crippen molar-refractivity contribution in [3.63, 3.8) is 0 Å². The minimum Gasteiger partial charge on any atom is -0.497 e. The number of nitrogens with zero attached hydrogens (tertiary/aromatic N) is 1. The van der Waals surface area contributed by atoms with Gasteiger partial charge < -0.3 is 15.4 Å². The van der Waals surface area contributed by atoms with E-state index in [0.29, 0.717) is 16.7 Å². The van der Waals surface area contributed by atoms with Gasteiger partial charge in [-0.05, 0) is 79.2 Å². The van der Waals surface area contributed by atoms with Crippen molar-refractivity contribution < 1.29 is 9.53 Å². The molecule has 29 heavy (non-hydrogen) atoms. The summed E-state index contributed by atoms with van der Waals surface area (Å²) in [6.45, 7) is 0. The predicted molar refractivity (Wildman–Crippen MR) is 121 cm³/mol. The highest BCUT2D eigenvalue weighted by molar-refractivity contribution is 7.80. The van der Waals surface area contributed by atoms with Crippen LogP contribution in [0.2, 0.25) is 0 Å². The van der Waals surface area contributed by atoms with Gasteiger partial charge in [-0.15, -0.1) is 0 Å². The summed E-state index contributed by atoms with van der Waals surface area (Å²) in [5, 5.41) is 11.2. The number of anilines is 1. The van der Waals surface area contributed by atoms with Gasteiger partial charge in [0.2, 0.25) is 0 Å². The maximum atomic E-state index is 12.2. The number of hydrazone groups is 1. The van der Waals surface area contributed by atoms with Crippen LogP contribution < -0.4 is 20.8 Å². The first-order valence-electron chi connectivity index (χ1n) is 9.79. The number of hydrogen-bond donors (Lipinski definition) is 3. The molecule has 0 aromatic heterocycles. The van der Waals surface area contributed by atoms with E-state index < -0.39 is 0 Å². The van der Waals surface area contributed by atoms with Crippen molar-refractivity contribution in [1.29, 1.82) is 0 Å². The summed E-state index contributed by atoms with van der Waals surface area (Å²) in [5.41, 5.74) is 4.76. The van der Waals surface area contributed by atoms with Gasteiger partial charge in [0, 0.05) is 17.3 Å². The average molecular weight is 411 g/mol. The van der Waals surface area contributed by atoms with Gasteiger partial charge in [-0.2, -0.15) is 5.10 Å². The molecule has 1 amide bonds. The van der Waals surface area contributed by atoms with Crippen molar-refractivity contribution in [3.8, 4) is 5.75 Å². The van der Waals surface area contributed by atoms with E-state index in [1.54, 1.807) is 25.5 Å².